The van der Waals surface area contributed by atoms with E-state index in [1.165, 1.54) is 28.2 Å². The second-order valence-electron chi connectivity index (χ2n) is 5.65. The Morgan fingerprint density at radius 1 is 1.38 bits per heavy atom. The third-order valence-corrected chi connectivity index (χ3v) is 5.74. The van der Waals surface area contributed by atoms with E-state index in [2.05, 4.69) is 5.32 Å². The predicted octanol–water partition coefficient (Wildman–Crippen LogP) is -0.0798. The number of amides is 1. The first kappa shape index (κ1) is 16.0. The van der Waals surface area contributed by atoms with Crippen molar-refractivity contribution in [1.29, 1.82) is 0 Å². The summed E-state index contributed by atoms with van der Waals surface area (Å²) < 4.78 is 28.0. The Morgan fingerprint density at radius 2 is 1.95 bits per heavy atom. The monoisotopic (exact) mass is 315 g/mol. The fourth-order valence-corrected chi connectivity index (χ4v) is 3.90. The molecular weight excluding hydrogens is 294 g/mol. The minimum Gasteiger partial charge on any atom is -0.390 e. The zero-order valence-corrected chi connectivity index (χ0v) is 13.3. The number of rotatable bonds is 3. The maximum absolute atomic E-state index is 12.6. The molecule has 0 radical (unpaired) electrons. The number of hydrogen-bond donors (Lipinski definition) is 2. The van der Waals surface area contributed by atoms with E-state index in [0.717, 1.165) is 0 Å². The lowest BCUT2D eigenvalue weighted by Crippen LogP contribution is -2.44. The van der Waals surface area contributed by atoms with E-state index in [1.54, 1.807) is 14.0 Å². The summed E-state index contributed by atoms with van der Waals surface area (Å²) in [6.45, 7) is 2.27. The molecule has 2 N–H and O–H groups in total. The smallest absolute Gasteiger partial charge is 0.267 e. The minimum absolute atomic E-state index is 0.102. The van der Waals surface area contributed by atoms with Gasteiger partial charge in [0.05, 0.1) is 5.60 Å². The first-order chi connectivity index (χ1) is 9.67. The molecule has 8 heteroatoms. The number of aliphatic hydroxyl groups is 1. The Morgan fingerprint density at radius 3 is 2.48 bits per heavy atom. The summed E-state index contributed by atoms with van der Waals surface area (Å²) in [6, 6.07) is 1.38. The maximum atomic E-state index is 12.6. The number of nitrogens with one attached hydrogen (secondary N) is 1. The summed E-state index contributed by atoms with van der Waals surface area (Å²) in [5.41, 5.74) is -0.518. The van der Waals surface area contributed by atoms with Gasteiger partial charge in [0.2, 0.25) is 10.0 Å². The molecule has 0 aliphatic carbocycles. The Balaban J connectivity index is 2.27. The third-order valence-electron chi connectivity index (χ3n) is 3.88. The molecule has 0 bridgehead atoms. The Kier molecular flexibility index (Phi) is 4.14. The number of carbonyl (C=O) groups excluding carboxylic acids is 1. The fraction of sp³-hybridized carbons (Fsp3) is 0.615. The lowest BCUT2D eigenvalue weighted by Gasteiger charge is -2.34. The van der Waals surface area contributed by atoms with Gasteiger partial charge in [0.1, 0.15) is 10.6 Å². The second kappa shape index (κ2) is 5.43. The Labute approximate surface area is 124 Å². The quantitative estimate of drug-likeness (QED) is 0.816. The van der Waals surface area contributed by atoms with Gasteiger partial charge in [-0.25, -0.2) is 8.42 Å². The van der Waals surface area contributed by atoms with Gasteiger partial charge in [-0.1, -0.05) is 0 Å². The molecule has 118 valence electrons. The van der Waals surface area contributed by atoms with Crippen LogP contribution in [0.1, 0.15) is 30.3 Å². The van der Waals surface area contributed by atoms with Gasteiger partial charge in [-0.3, -0.25) is 4.79 Å². The normalized spacial score (nSPS) is 19.4. The molecule has 1 aliphatic rings. The van der Waals surface area contributed by atoms with Gasteiger partial charge in [0.25, 0.3) is 5.91 Å². The van der Waals surface area contributed by atoms with Crippen LogP contribution in [0.25, 0.3) is 0 Å². The highest BCUT2D eigenvalue weighted by molar-refractivity contribution is 7.89. The van der Waals surface area contributed by atoms with Crippen molar-refractivity contribution in [3.05, 3.63) is 18.0 Å². The SMILES string of the molecule is CNC(=O)c1cc(S(=O)(=O)N2CCC(C)(O)CC2)cn1C. The van der Waals surface area contributed by atoms with Crippen LogP contribution in [0.15, 0.2) is 17.2 Å². The van der Waals surface area contributed by atoms with E-state index in [1.807, 2.05) is 0 Å². The summed E-state index contributed by atoms with van der Waals surface area (Å²) in [4.78, 5) is 11.8. The lowest BCUT2D eigenvalue weighted by molar-refractivity contribution is 0.0126. The van der Waals surface area contributed by atoms with Gasteiger partial charge in [-0.2, -0.15) is 4.31 Å². The molecule has 0 saturated carbocycles. The number of sulfonamides is 1. The van der Waals surface area contributed by atoms with Crippen molar-refractivity contribution in [3.63, 3.8) is 0 Å². The van der Waals surface area contributed by atoms with Gasteiger partial charge < -0.3 is 15.0 Å². The van der Waals surface area contributed by atoms with Gasteiger partial charge in [-0.05, 0) is 25.8 Å². The molecule has 1 amide bonds. The van der Waals surface area contributed by atoms with Crippen molar-refractivity contribution in [3.8, 4) is 0 Å². The number of nitrogens with zero attached hydrogens (tertiary/aromatic N) is 2. The zero-order valence-electron chi connectivity index (χ0n) is 12.5. The molecule has 1 saturated heterocycles. The van der Waals surface area contributed by atoms with Crippen molar-refractivity contribution in [2.75, 3.05) is 20.1 Å². The Hall–Kier alpha value is -1.38. The van der Waals surface area contributed by atoms with E-state index in [9.17, 15) is 18.3 Å². The van der Waals surface area contributed by atoms with E-state index in [0.29, 0.717) is 18.5 Å². The van der Waals surface area contributed by atoms with Gasteiger partial charge in [0.15, 0.2) is 0 Å². The molecule has 1 aromatic rings. The van der Waals surface area contributed by atoms with E-state index >= 15 is 0 Å². The fourth-order valence-electron chi connectivity index (χ4n) is 2.39. The highest BCUT2D eigenvalue weighted by atomic mass is 32.2. The highest BCUT2D eigenvalue weighted by Crippen LogP contribution is 2.26. The van der Waals surface area contributed by atoms with Crippen LogP contribution in [0.3, 0.4) is 0 Å². The highest BCUT2D eigenvalue weighted by Gasteiger charge is 2.34. The number of aryl methyl sites for hydroxylation is 1. The van der Waals surface area contributed by atoms with Crippen molar-refractivity contribution in [1.82, 2.24) is 14.2 Å². The van der Waals surface area contributed by atoms with Crippen molar-refractivity contribution >= 4 is 15.9 Å². The summed E-state index contributed by atoms with van der Waals surface area (Å²) in [5, 5.41) is 12.4. The van der Waals surface area contributed by atoms with Crippen molar-refractivity contribution in [2.24, 2.45) is 7.05 Å². The molecule has 0 aromatic carbocycles. The number of carbonyl (C=O) groups is 1. The summed E-state index contributed by atoms with van der Waals surface area (Å²) in [6.07, 6.45) is 2.25. The predicted molar refractivity (Wildman–Crippen MR) is 77.4 cm³/mol. The first-order valence-corrected chi connectivity index (χ1v) is 8.22. The van der Waals surface area contributed by atoms with Crippen LogP contribution in [0, 0.1) is 0 Å². The van der Waals surface area contributed by atoms with Crippen LogP contribution in [0.5, 0.6) is 0 Å². The number of hydrogen-bond acceptors (Lipinski definition) is 4. The molecule has 2 rings (SSSR count). The molecule has 0 unspecified atom stereocenters. The largest absolute Gasteiger partial charge is 0.390 e. The summed E-state index contributed by atoms with van der Waals surface area (Å²) >= 11 is 0. The Bertz CT molecular complexity index is 638. The van der Waals surface area contributed by atoms with Gasteiger partial charge >= 0.3 is 0 Å². The zero-order chi connectivity index (χ0) is 15.8. The standard InChI is InChI=1S/C13H21N3O4S/c1-13(18)4-6-16(7-5-13)21(19,20)10-8-11(12(17)14-2)15(3)9-10/h8-9,18H,4-7H2,1-3H3,(H,14,17). The molecule has 21 heavy (non-hydrogen) atoms. The molecule has 7 nitrogen and oxygen atoms in total. The molecule has 1 aliphatic heterocycles. The third kappa shape index (κ3) is 3.12. The number of piperidine rings is 1. The molecule has 2 heterocycles. The van der Waals surface area contributed by atoms with Crippen molar-refractivity contribution < 1.29 is 18.3 Å². The van der Waals surface area contributed by atoms with Gasteiger partial charge in [0, 0.05) is 33.4 Å². The topological polar surface area (TPSA) is 91.6 Å². The van der Waals surface area contributed by atoms with Crippen LogP contribution < -0.4 is 5.32 Å². The van der Waals surface area contributed by atoms with E-state index in [4.69, 9.17) is 0 Å². The van der Waals surface area contributed by atoms with Crippen LogP contribution in [0.2, 0.25) is 0 Å². The molecule has 0 atom stereocenters. The molecule has 0 spiro atoms. The van der Waals surface area contributed by atoms with E-state index in [-0.39, 0.29) is 23.9 Å². The minimum atomic E-state index is -3.63. The lowest BCUT2D eigenvalue weighted by atomic mass is 9.95. The molecular formula is C13H21N3O4S. The maximum Gasteiger partial charge on any atom is 0.267 e. The average Bonchev–Trinajstić information content (AvgIpc) is 2.80. The summed E-state index contributed by atoms with van der Waals surface area (Å²) in [5.74, 6) is -0.333. The van der Waals surface area contributed by atoms with Crippen LogP contribution in [-0.2, 0) is 17.1 Å². The molecule has 1 fully saturated rings. The number of aromatic nitrogens is 1. The second-order valence-corrected chi connectivity index (χ2v) is 7.59. The van der Waals surface area contributed by atoms with Crippen molar-refractivity contribution in [2.45, 2.75) is 30.3 Å². The van der Waals surface area contributed by atoms with Gasteiger partial charge in [-0.15, -0.1) is 0 Å². The van der Waals surface area contributed by atoms with Crippen LogP contribution in [0.4, 0.5) is 0 Å². The van der Waals surface area contributed by atoms with E-state index < -0.39 is 15.6 Å². The molecule has 1 aromatic heterocycles. The average molecular weight is 315 g/mol. The first-order valence-electron chi connectivity index (χ1n) is 6.78. The van der Waals surface area contributed by atoms with Crippen LogP contribution in [-0.4, -0.2) is 54.0 Å². The summed E-state index contributed by atoms with van der Waals surface area (Å²) in [7, 11) is -0.508. The van der Waals surface area contributed by atoms with Crippen LogP contribution >= 0.6 is 0 Å².